The van der Waals surface area contributed by atoms with E-state index in [1.54, 1.807) is 11.3 Å². The molecule has 0 saturated carbocycles. The van der Waals surface area contributed by atoms with Crippen molar-refractivity contribution < 1.29 is 0 Å². The first-order chi connectivity index (χ1) is 7.29. The van der Waals surface area contributed by atoms with Crippen LogP contribution >= 0.6 is 11.3 Å². The van der Waals surface area contributed by atoms with Crippen LogP contribution in [0.25, 0.3) is 11.3 Å². The molecule has 0 aliphatic rings. The van der Waals surface area contributed by atoms with E-state index in [-0.39, 0.29) is 0 Å². The summed E-state index contributed by atoms with van der Waals surface area (Å²) in [5.74, 6) is 0. The molecule has 2 aromatic rings. The third kappa shape index (κ3) is 2.23. The second-order valence-electron chi connectivity index (χ2n) is 3.33. The molecule has 0 saturated heterocycles. The van der Waals surface area contributed by atoms with Gasteiger partial charge in [-0.05, 0) is 13.0 Å². The Morgan fingerprint density at radius 3 is 3.07 bits per heavy atom. The van der Waals surface area contributed by atoms with E-state index in [4.69, 9.17) is 5.26 Å². The lowest BCUT2D eigenvalue weighted by atomic mass is 10.1. The van der Waals surface area contributed by atoms with Crippen LogP contribution < -0.4 is 0 Å². The number of aryl methyl sites for hydroxylation is 1. The Morgan fingerprint density at radius 1 is 1.47 bits per heavy atom. The highest BCUT2D eigenvalue weighted by molar-refractivity contribution is 7.10. The van der Waals surface area contributed by atoms with Crippen molar-refractivity contribution in [3.05, 3.63) is 40.2 Å². The van der Waals surface area contributed by atoms with Gasteiger partial charge in [-0.2, -0.15) is 5.26 Å². The van der Waals surface area contributed by atoms with Gasteiger partial charge in [-0.1, -0.05) is 23.8 Å². The Labute approximate surface area is 92.8 Å². The van der Waals surface area contributed by atoms with E-state index in [0.29, 0.717) is 6.42 Å². The number of nitrogens with zero attached hydrogens (tertiary/aromatic N) is 2. The van der Waals surface area contributed by atoms with Crippen LogP contribution in [0.15, 0.2) is 29.6 Å². The van der Waals surface area contributed by atoms with Crippen LogP contribution in [0.3, 0.4) is 0 Å². The molecule has 1 aromatic carbocycles. The molecule has 0 fully saturated rings. The number of hydrogen-bond donors (Lipinski definition) is 0. The number of nitriles is 1. The average Bonchev–Trinajstić information content (AvgIpc) is 2.67. The van der Waals surface area contributed by atoms with Gasteiger partial charge in [-0.3, -0.25) is 0 Å². The van der Waals surface area contributed by atoms with E-state index in [0.717, 1.165) is 16.3 Å². The van der Waals surface area contributed by atoms with Gasteiger partial charge in [0, 0.05) is 10.9 Å². The summed E-state index contributed by atoms with van der Waals surface area (Å²) in [6, 6.07) is 10.3. The summed E-state index contributed by atoms with van der Waals surface area (Å²) in [4.78, 5) is 4.41. The van der Waals surface area contributed by atoms with Gasteiger partial charge in [-0.15, -0.1) is 11.3 Å². The Bertz CT molecular complexity index is 508. The number of rotatable bonds is 2. The molecular weight excluding hydrogens is 204 g/mol. The quantitative estimate of drug-likeness (QED) is 0.769. The zero-order valence-corrected chi connectivity index (χ0v) is 9.21. The Hall–Kier alpha value is -1.66. The molecule has 0 unspecified atom stereocenters. The molecule has 0 amide bonds. The molecule has 0 atom stereocenters. The van der Waals surface area contributed by atoms with Crippen LogP contribution in [-0.4, -0.2) is 4.98 Å². The fourth-order valence-corrected chi connectivity index (χ4v) is 2.13. The van der Waals surface area contributed by atoms with E-state index in [2.05, 4.69) is 30.1 Å². The van der Waals surface area contributed by atoms with E-state index < -0.39 is 0 Å². The van der Waals surface area contributed by atoms with Crippen molar-refractivity contribution in [1.82, 2.24) is 4.98 Å². The largest absolute Gasteiger partial charge is 0.240 e. The summed E-state index contributed by atoms with van der Waals surface area (Å²) in [5, 5.41) is 11.4. The summed E-state index contributed by atoms with van der Waals surface area (Å²) >= 11 is 1.54. The van der Waals surface area contributed by atoms with Crippen LogP contribution in [0.5, 0.6) is 0 Å². The van der Waals surface area contributed by atoms with E-state index in [9.17, 15) is 0 Å². The maximum Gasteiger partial charge on any atom is 0.107 e. The average molecular weight is 214 g/mol. The lowest BCUT2D eigenvalue weighted by Gasteiger charge is -1.97. The highest BCUT2D eigenvalue weighted by atomic mass is 32.1. The first-order valence-corrected chi connectivity index (χ1v) is 5.56. The molecular formula is C12H10N2S. The molecule has 0 radical (unpaired) electrons. The van der Waals surface area contributed by atoms with Crippen molar-refractivity contribution in [3.63, 3.8) is 0 Å². The van der Waals surface area contributed by atoms with E-state index in [1.165, 1.54) is 5.56 Å². The number of hydrogen-bond acceptors (Lipinski definition) is 3. The van der Waals surface area contributed by atoms with Crippen LogP contribution in [0.2, 0.25) is 0 Å². The fourth-order valence-electron chi connectivity index (χ4n) is 1.40. The molecule has 0 N–H and O–H groups in total. The molecule has 15 heavy (non-hydrogen) atoms. The number of aromatic nitrogens is 1. The van der Waals surface area contributed by atoms with Crippen molar-refractivity contribution >= 4 is 11.3 Å². The van der Waals surface area contributed by atoms with E-state index in [1.807, 2.05) is 17.5 Å². The van der Waals surface area contributed by atoms with Crippen molar-refractivity contribution in [2.75, 3.05) is 0 Å². The van der Waals surface area contributed by atoms with Crippen LogP contribution in [0.1, 0.15) is 10.6 Å². The molecule has 1 heterocycles. The Kier molecular flexibility index (Phi) is 2.79. The first-order valence-electron chi connectivity index (χ1n) is 4.68. The molecule has 2 rings (SSSR count). The Balaban J connectivity index is 2.34. The van der Waals surface area contributed by atoms with Gasteiger partial charge >= 0.3 is 0 Å². The predicted molar refractivity (Wildman–Crippen MR) is 61.6 cm³/mol. The molecule has 74 valence electrons. The minimum atomic E-state index is 0.399. The molecule has 3 heteroatoms. The molecule has 0 aliphatic heterocycles. The van der Waals surface area contributed by atoms with Crippen molar-refractivity contribution in [2.24, 2.45) is 0 Å². The van der Waals surface area contributed by atoms with Crippen molar-refractivity contribution in [2.45, 2.75) is 13.3 Å². The van der Waals surface area contributed by atoms with Gasteiger partial charge in [0.05, 0.1) is 18.2 Å². The first kappa shape index (κ1) is 9.88. The van der Waals surface area contributed by atoms with Crippen molar-refractivity contribution in [1.29, 1.82) is 5.26 Å². The smallest absolute Gasteiger partial charge is 0.107 e. The molecule has 1 aromatic heterocycles. The fraction of sp³-hybridized carbons (Fsp3) is 0.167. The van der Waals surface area contributed by atoms with Gasteiger partial charge in [0.1, 0.15) is 5.01 Å². The summed E-state index contributed by atoms with van der Waals surface area (Å²) in [5.41, 5.74) is 3.31. The molecule has 0 spiro atoms. The SMILES string of the molecule is Cc1cccc(-c2csc(CC#N)n2)c1. The second kappa shape index (κ2) is 4.24. The van der Waals surface area contributed by atoms with Crippen molar-refractivity contribution in [3.8, 4) is 17.3 Å². The topological polar surface area (TPSA) is 36.7 Å². The minimum Gasteiger partial charge on any atom is -0.240 e. The maximum absolute atomic E-state index is 8.56. The monoisotopic (exact) mass is 214 g/mol. The van der Waals surface area contributed by atoms with Gasteiger partial charge in [0.2, 0.25) is 0 Å². The molecule has 0 aliphatic carbocycles. The predicted octanol–water partition coefficient (Wildman–Crippen LogP) is 3.18. The molecule has 0 bridgehead atoms. The van der Waals surface area contributed by atoms with Crippen LogP contribution in [0.4, 0.5) is 0 Å². The Morgan fingerprint density at radius 2 is 2.33 bits per heavy atom. The van der Waals surface area contributed by atoms with E-state index >= 15 is 0 Å². The zero-order chi connectivity index (χ0) is 10.7. The third-order valence-electron chi connectivity index (χ3n) is 2.10. The van der Waals surface area contributed by atoms with Crippen LogP contribution in [0, 0.1) is 18.3 Å². The number of thiazole rings is 1. The summed E-state index contributed by atoms with van der Waals surface area (Å²) in [6.07, 6.45) is 0.399. The molecule has 2 nitrogen and oxygen atoms in total. The summed E-state index contributed by atoms with van der Waals surface area (Å²) in [6.45, 7) is 2.06. The lowest BCUT2D eigenvalue weighted by Crippen LogP contribution is -1.82. The maximum atomic E-state index is 8.56. The number of benzene rings is 1. The highest BCUT2D eigenvalue weighted by Crippen LogP contribution is 2.22. The standard InChI is InChI=1S/C12H10N2S/c1-9-3-2-4-10(7-9)11-8-15-12(14-11)5-6-13/h2-4,7-8H,5H2,1H3. The zero-order valence-electron chi connectivity index (χ0n) is 8.40. The highest BCUT2D eigenvalue weighted by Gasteiger charge is 2.03. The van der Waals surface area contributed by atoms with Gasteiger partial charge in [-0.25, -0.2) is 4.98 Å². The second-order valence-corrected chi connectivity index (χ2v) is 4.27. The lowest BCUT2D eigenvalue weighted by molar-refractivity contribution is 1.19. The third-order valence-corrected chi connectivity index (χ3v) is 2.94. The van der Waals surface area contributed by atoms with Gasteiger partial charge in [0.15, 0.2) is 0 Å². The summed E-state index contributed by atoms with van der Waals surface area (Å²) < 4.78 is 0. The van der Waals surface area contributed by atoms with Crippen LogP contribution in [-0.2, 0) is 6.42 Å². The van der Waals surface area contributed by atoms with Gasteiger partial charge < -0.3 is 0 Å². The summed E-state index contributed by atoms with van der Waals surface area (Å²) in [7, 11) is 0. The van der Waals surface area contributed by atoms with Gasteiger partial charge in [0.25, 0.3) is 0 Å². The minimum absolute atomic E-state index is 0.399. The normalized spacial score (nSPS) is 9.87.